The summed E-state index contributed by atoms with van der Waals surface area (Å²) < 4.78 is 79.4. The van der Waals surface area contributed by atoms with Crippen LogP contribution in [-0.2, 0) is 26.1 Å². The molecule has 2 heterocycles. The van der Waals surface area contributed by atoms with Gasteiger partial charge in [0.05, 0.1) is 18.2 Å². The van der Waals surface area contributed by atoms with E-state index in [9.17, 15) is 36.3 Å². The van der Waals surface area contributed by atoms with E-state index in [0.717, 1.165) is 4.31 Å². The number of alkyl halides is 3. The lowest BCUT2D eigenvalue weighted by Crippen LogP contribution is -2.45. The lowest BCUT2D eigenvalue weighted by Gasteiger charge is -2.36. The summed E-state index contributed by atoms with van der Waals surface area (Å²) in [4.78, 5) is 23.3. The van der Waals surface area contributed by atoms with Crippen molar-refractivity contribution in [2.24, 2.45) is 11.8 Å². The summed E-state index contributed by atoms with van der Waals surface area (Å²) in [5.74, 6) is -2.09. The fraction of sp³-hybridized carbons (Fsp3) is 0.500. The molecule has 1 aliphatic heterocycles. The van der Waals surface area contributed by atoms with Crippen molar-refractivity contribution < 1.29 is 45.8 Å². The van der Waals surface area contributed by atoms with Gasteiger partial charge in [-0.1, -0.05) is 11.6 Å². The van der Waals surface area contributed by atoms with Crippen molar-refractivity contribution in [2.45, 2.75) is 56.5 Å². The number of nitrogens with zero attached hydrogens (tertiary/aromatic N) is 3. The third-order valence-electron chi connectivity index (χ3n) is 6.34. The Bertz CT molecular complexity index is 1380. The van der Waals surface area contributed by atoms with Gasteiger partial charge >= 0.3 is 18.2 Å². The standard InChI is InChI=1S/C22H24ClF3N4O7S/c1-4-29-10-17(18(23)28-29)38(34,35)30-9-16(12-8-13(12)19(31)32)36-15-6-5-11(7-14(15)30)27-20(33)37-21(2,3)22(24,25)26/h5-7,10,12-13,16H,4,8-9H2,1-3H3,(H,27,33)(H,31,32)/t12-,13-,16?/m1/s1. The van der Waals surface area contributed by atoms with E-state index in [2.05, 4.69) is 15.2 Å². The Labute approximate surface area is 220 Å². The molecular weight excluding hydrogens is 557 g/mol. The second-order valence-corrected chi connectivity index (χ2v) is 11.6. The molecule has 0 radical (unpaired) electrons. The lowest BCUT2D eigenvalue weighted by molar-refractivity contribution is -0.242. The highest BCUT2D eigenvalue weighted by Crippen LogP contribution is 2.48. The highest BCUT2D eigenvalue weighted by atomic mass is 35.5. The first-order valence-corrected chi connectivity index (χ1v) is 13.2. The molecule has 11 nitrogen and oxygen atoms in total. The summed E-state index contributed by atoms with van der Waals surface area (Å²) in [5, 5.41) is 15.2. The third-order valence-corrected chi connectivity index (χ3v) is 8.51. The summed E-state index contributed by atoms with van der Waals surface area (Å²) in [5.41, 5.74) is -2.89. The van der Waals surface area contributed by atoms with Gasteiger partial charge in [0.25, 0.3) is 10.0 Å². The molecule has 4 rings (SSSR count). The van der Waals surface area contributed by atoms with Gasteiger partial charge in [-0.15, -0.1) is 0 Å². The van der Waals surface area contributed by atoms with Crippen LogP contribution in [0.2, 0.25) is 5.15 Å². The highest BCUT2D eigenvalue weighted by molar-refractivity contribution is 7.93. The average molecular weight is 581 g/mol. The molecule has 0 spiro atoms. The molecule has 208 valence electrons. The summed E-state index contributed by atoms with van der Waals surface area (Å²) in [6.07, 6.45) is -5.48. The zero-order valence-corrected chi connectivity index (χ0v) is 21.9. The fourth-order valence-electron chi connectivity index (χ4n) is 3.98. The van der Waals surface area contributed by atoms with E-state index in [-0.39, 0.29) is 33.7 Å². The highest BCUT2D eigenvalue weighted by Gasteiger charge is 2.53. The predicted molar refractivity (Wildman–Crippen MR) is 128 cm³/mol. The number of aryl methyl sites for hydroxylation is 1. The van der Waals surface area contributed by atoms with Crippen LogP contribution < -0.4 is 14.4 Å². The van der Waals surface area contributed by atoms with Crippen molar-refractivity contribution in [3.63, 3.8) is 0 Å². The maximum atomic E-state index is 13.7. The van der Waals surface area contributed by atoms with Gasteiger partial charge in [0, 0.05) is 24.3 Å². The number of benzene rings is 1. The number of carbonyl (C=O) groups is 2. The SMILES string of the molecule is CCn1cc(S(=O)(=O)N2CC([C@@H]3C[C@H]3C(=O)O)Oc3ccc(NC(=O)OC(C)(C)C(F)(F)F)cc32)c(Cl)n1. The van der Waals surface area contributed by atoms with Crippen LogP contribution in [-0.4, -0.2) is 59.8 Å². The van der Waals surface area contributed by atoms with Crippen LogP contribution >= 0.6 is 11.6 Å². The fourth-order valence-corrected chi connectivity index (χ4v) is 5.91. The van der Waals surface area contributed by atoms with Crippen LogP contribution in [0.25, 0.3) is 0 Å². The monoisotopic (exact) mass is 580 g/mol. The molecule has 16 heteroatoms. The number of fused-ring (bicyclic) bond motifs is 1. The van der Waals surface area contributed by atoms with Crippen LogP contribution in [0.3, 0.4) is 0 Å². The number of rotatable bonds is 7. The van der Waals surface area contributed by atoms with Gasteiger partial charge in [-0.2, -0.15) is 18.3 Å². The summed E-state index contributed by atoms with van der Waals surface area (Å²) in [6.45, 7) is 3.17. The summed E-state index contributed by atoms with van der Waals surface area (Å²) in [6, 6.07) is 3.81. The van der Waals surface area contributed by atoms with Crippen LogP contribution in [0.1, 0.15) is 27.2 Å². The van der Waals surface area contributed by atoms with Crippen LogP contribution in [0, 0.1) is 11.8 Å². The van der Waals surface area contributed by atoms with Crippen molar-refractivity contribution in [1.82, 2.24) is 9.78 Å². The van der Waals surface area contributed by atoms with Crippen molar-refractivity contribution in [1.29, 1.82) is 0 Å². The van der Waals surface area contributed by atoms with Crippen LogP contribution in [0.5, 0.6) is 5.75 Å². The zero-order valence-electron chi connectivity index (χ0n) is 20.3. The lowest BCUT2D eigenvalue weighted by atomic mass is 10.1. The number of hydrogen-bond donors (Lipinski definition) is 2. The second-order valence-electron chi connectivity index (χ2n) is 9.38. The summed E-state index contributed by atoms with van der Waals surface area (Å²) in [7, 11) is -4.37. The third kappa shape index (κ3) is 5.21. The summed E-state index contributed by atoms with van der Waals surface area (Å²) >= 11 is 6.12. The molecule has 0 bridgehead atoms. The van der Waals surface area contributed by atoms with Gasteiger partial charge in [-0.25, -0.2) is 13.2 Å². The zero-order chi connectivity index (χ0) is 28.2. The first kappa shape index (κ1) is 27.8. The molecule has 1 fully saturated rings. The molecule has 3 atom stereocenters. The van der Waals surface area contributed by atoms with E-state index < -0.39 is 51.8 Å². The minimum atomic E-state index is -4.83. The Morgan fingerprint density at radius 1 is 1.32 bits per heavy atom. The topological polar surface area (TPSA) is 140 Å². The quantitative estimate of drug-likeness (QED) is 0.498. The largest absolute Gasteiger partial charge is 0.486 e. The van der Waals surface area contributed by atoms with Crippen LogP contribution in [0.4, 0.5) is 29.3 Å². The number of carbonyl (C=O) groups excluding carboxylic acids is 1. The first-order chi connectivity index (χ1) is 17.5. The van der Waals surface area contributed by atoms with Gasteiger partial charge in [0.15, 0.2) is 5.15 Å². The molecule has 2 N–H and O–H groups in total. The molecule has 2 aliphatic rings. The smallest absolute Gasteiger partial charge is 0.427 e. The van der Waals surface area contributed by atoms with Gasteiger partial charge in [-0.3, -0.25) is 19.1 Å². The van der Waals surface area contributed by atoms with Gasteiger partial charge in [0.2, 0.25) is 5.60 Å². The number of amides is 1. The normalized spacial score (nSPS) is 21.3. The maximum absolute atomic E-state index is 13.7. The number of anilines is 2. The van der Waals surface area contributed by atoms with Crippen LogP contribution in [0.15, 0.2) is 29.3 Å². The minimum absolute atomic E-state index is 0.0398. The molecule has 38 heavy (non-hydrogen) atoms. The number of nitrogens with one attached hydrogen (secondary N) is 1. The molecular formula is C22H24ClF3N4O7S. The number of ether oxygens (including phenoxy) is 2. The Kier molecular flexibility index (Phi) is 6.97. The van der Waals surface area contributed by atoms with E-state index in [1.54, 1.807) is 6.92 Å². The molecule has 1 aliphatic carbocycles. The average Bonchev–Trinajstić information content (AvgIpc) is 3.52. The molecule has 1 amide bonds. The number of sulfonamides is 1. The minimum Gasteiger partial charge on any atom is -0.486 e. The molecule has 1 saturated carbocycles. The van der Waals surface area contributed by atoms with Crippen molar-refractivity contribution >= 4 is 45.1 Å². The maximum Gasteiger partial charge on any atom is 0.427 e. The van der Waals surface area contributed by atoms with Crippen molar-refractivity contribution in [3.05, 3.63) is 29.5 Å². The van der Waals surface area contributed by atoms with E-state index in [4.69, 9.17) is 16.3 Å². The predicted octanol–water partition coefficient (Wildman–Crippen LogP) is 4.12. The van der Waals surface area contributed by atoms with Crippen molar-refractivity contribution in [3.8, 4) is 5.75 Å². The van der Waals surface area contributed by atoms with E-state index in [1.165, 1.54) is 29.1 Å². The van der Waals surface area contributed by atoms with Crippen molar-refractivity contribution in [2.75, 3.05) is 16.2 Å². The Hall–Kier alpha value is -3.20. The number of carboxylic acid groups (broad SMARTS) is 1. The number of hydrogen-bond acceptors (Lipinski definition) is 7. The molecule has 2 aromatic rings. The molecule has 1 aromatic carbocycles. The van der Waals surface area contributed by atoms with E-state index >= 15 is 0 Å². The number of carboxylic acids is 1. The number of halogens is 4. The van der Waals surface area contributed by atoms with E-state index in [0.29, 0.717) is 26.8 Å². The Balaban J connectivity index is 1.68. The molecule has 0 saturated heterocycles. The second kappa shape index (κ2) is 9.52. The first-order valence-electron chi connectivity index (χ1n) is 11.4. The Morgan fingerprint density at radius 3 is 2.55 bits per heavy atom. The number of aromatic nitrogens is 2. The van der Waals surface area contributed by atoms with Gasteiger partial charge in [-0.05, 0) is 45.4 Å². The number of aliphatic carboxylic acids is 1. The molecule has 1 unspecified atom stereocenters. The Morgan fingerprint density at radius 2 is 2.00 bits per heavy atom. The van der Waals surface area contributed by atoms with Gasteiger partial charge in [0.1, 0.15) is 16.7 Å². The van der Waals surface area contributed by atoms with E-state index in [1.807, 2.05) is 0 Å². The molecule has 1 aromatic heterocycles. The van der Waals surface area contributed by atoms with Gasteiger partial charge < -0.3 is 14.6 Å².